The molecular formula is C10H11ClFNO. The first kappa shape index (κ1) is 11.1. The van der Waals surface area contributed by atoms with Gasteiger partial charge in [-0.1, -0.05) is 11.6 Å². The van der Waals surface area contributed by atoms with Crippen LogP contribution in [0.1, 0.15) is 22.8 Å². The molecule has 1 rings (SSSR count). The van der Waals surface area contributed by atoms with Crippen LogP contribution in [-0.2, 0) is 0 Å². The minimum Gasteiger partial charge on any atom is -0.321 e. The van der Waals surface area contributed by atoms with Crippen LogP contribution in [0.3, 0.4) is 0 Å². The number of nitrogens with two attached hydrogens (primary N) is 1. The molecule has 0 spiro atoms. The van der Waals surface area contributed by atoms with E-state index in [-0.39, 0.29) is 16.4 Å². The monoisotopic (exact) mass is 215 g/mol. The van der Waals surface area contributed by atoms with E-state index in [1.54, 1.807) is 13.8 Å². The zero-order chi connectivity index (χ0) is 10.9. The van der Waals surface area contributed by atoms with E-state index in [2.05, 4.69) is 0 Å². The van der Waals surface area contributed by atoms with Crippen LogP contribution in [0.25, 0.3) is 0 Å². The van der Waals surface area contributed by atoms with Crippen molar-refractivity contribution in [2.75, 3.05) is 0 Å². The molecule has 14 heavy (non-hydrogen) atoms. The molecule has 1 unspecified atom stereocenters. The Kier molecular flexibility index (Phi) is 3.24. The maximum absolute atomic E-state index is 13.0. The van der Waals surface area contributed by atoms with Crippen LogP contribution in [0, 0.1) is 12.7 Å². The van der Waals surface area contributed by atoms with Gasteiger partial charge >= 0.3 is 0 Å². The largest absolute Gasteiger partial charge is 0.321 e. The standard InChI is InChI=1S/C10H11ClFNO/c1-5-8(10(14)6(2)13)3-7(12)4-9(5)11/h3-4,6H,13H2,1-2H3. The maximum Gasteiger partial charge on any atom is 0.179 e. The summed E-state index contributed by atoms with van der Waals surface area (Å²) in [4.78, 5) is 11.5. The number of Topliss-reactive ketones (excluding diaryl/α,β-unsaturated/α-hetero) is 1. The number of hydrogen-bond donors (Lipinski definition) is 1. The number of carbonyl (C=O) groups is 1. The highest BCUT2D eigenvalue weighted by atomic mass is 35.5. The number of benzene rings is 1. The van der Waals surface area contributed by atoms with Gasteiger partial charge in [-0.2, -0.15) is 0 Å². The first-order valence-corrected chi connectivity index (χ1v) is 4.56. The lowest BCUT2D eigenvalue weighted by molar-refractivity contribution is 0.0967. The molecule has 0 radical (unpaired) electrons. The lowest BCUT2D eigenvalue weighted by atomic mass is 10.0. The molecule has 0 bridgehead atoms. The summed E-state index contributed by atoms with van der Waals surface area (Å²) >= 11 is 5.73. The van der Waals surface area contributed by atoms with Crippen molar-refractivity contribution < 1.29 is 9.18 Å². The molecular weight excluding hydrogens is 205 g/mol. The van der Waals surface area contributed by atoms with Gasteiger partial charge in [-0.25, -0.2) is 4.39 Å². The minimum absolute atomic E-state index is 0.244. The molecule has 4 heteroatoms. The normalized spacial score (nSPS) is 12.6. The second kappa shape index (κ2) is 4.07. The molecule has 1 atom stereocenters. The van der Waals surface area contributed by atoms with E-state index in [9.17, 15) is 9.18 Å². The Morgan fingerprint density at radius 3 is 2.64 bits per heavy atom. The Hall–Kier alpha value is -0.930. The van der Waals surface area contributed by atoms with Crippen molar-refractivity contribution in [1.29, 1.82) is 0 Å². The fraction of sp³-hybridized carbons (Fsp3) is 0.300. The van der Waals surface area contributed by atoms with Gasteiger partial charge in [-0.05, 0) is 31.5 Å². The highest BCUT2D eigenvalue weighted by Gasteiger charge is 2.16. The summed E-state index contributed by atoms with van der Waals surface area (Å²) in [5, 5.41) is 0.244. The van der Waals surface area contributed by atoms with Crippen molar-refractivity contribution in [3.05, 3.63) is 34.1 Å². The van der Waals surface area contributed by atoms with E-state index in [1.807, 2.05) is 0 Å². The summed E-state index contributed by atoms with van der Waals surface area (Å²) in [6.45, 7) is 3.22. The van der Waals surface area contributed by atoms with Gasteiger partial charge in [0.15, 0.2) is 5.78 Å². The molecule has 2 nitrogen and oxygen atoms in total. The lowest BCUT2D eigenvalue weighted by Gasteiger charge is -2.09. The number of halogens is 2. The zero-order valence-corrected chi connectivity index (χ0v) is 8.73. The van der Waals surface area contributed by atoms with Crippen molar-refractivity contribution in [1.82, 2.24) is 0 Å². The number of rotatable bonds is 2. The summed E-state index contributed by atoms with van der Waals surface area (Å²) in [5.74, 6) is -0.825. The van der Waals surface area contributed by atoms with E-state index in [0.29, 0.717) is 5.56 Å². The molecule has 0 amide bonds. The first-order valence-electron chi connectivity index (χ1n) is 4.19. The average Bonchev–Trinajstić information content (AvgIpc) is 2.09. The van der Waals surface area contributed by atoms with Crippen LogP contribution in [-0.4, -0.2) is 11.8 Å². The molecule has 76 valence electrons. The summed E-state index contributed by atoms with van der Waals surface area (Å²) in [6.07, 6.45) is 0. The molecule has 2 N–H and O–H groups in total. The predicted octanol–water partition coefficient (Wildman–Crippen LogP) is 2.32. The highest BCUT2D eigenvalue weighted by molar-refractivity contribution is 6.31. The van der Waals surface area contributed by atoms with Gasteiger partial charge in [0, 0.05) is 10.6 Å². The minimum atomic E-state index is -0.647. The van der Waals surface area contributed by atoms with Gasteiger partial charge in [0.2, 0.25) is 0 Å². The Balaban J connectivity index is 3.27. The average molecular weight is 216 g/mol. The molecule has 0 aliphatic heterocycles. The van der Waals surface area contributed by atoms with Gasteiger partial charge in [-0.15, -0.1) is 0 Å². The Morgan fingerprint density at radius 2 is 2.14 bits per heavy atom. The van der Waals surface area contributed by atoms with Crippen LogP contribution in [0.2, 0.25) is 5.02 Å². The third kappa shape index (κ3) is 2.11. The van der Waals surface area contributed by atoms with Crippen LogP contribution >= 0.6 is 11.6 Å². The SMILES string of the molecule is Cc1c(Cl)cc(F)cc1C(=O)C(C)N. The number of hydrogen-bond acceptors (Lipinski definition) is 2. The van der Waals surface area contributed by atoms with Crippen molar-refractivity contribution >= 4 is 17.4 Å². The van der Waals surface area contributed by atoms with Gasteiger partial charge in [-0.3, -0.25) is 4.79 Å². The van der Waals surface area contributed by atoms with Crippen molar-refractivity contribution in [2.45, 2.75) is 19.9 Å². The molecule has 0 saturated carbocycles. The summed E-state index contributed by atoms with van der Waals surface area (Å²) in [7, 11) is 0. The third-order valence-electron chi connectivity index (χ3n) is 1.99. The quantitative estimate of drug-likeness (QED) is 0.770. The van der Waals surface area contributed by atoms with Gasteiger partial charge < -0.3 is 5.73 Å². The van der Waals surface area contributed by atoms with Crippen LogP contribution < -0.4 is 5.73 Å². The van der Waals surface area contributed by atoms with Crippen molar-refractivity contribution in [3.63, 3.8) is 0 Å². The van der Waals surface area contributed by atoms with E-state index in [4.69, 9.17) is 17.3 Å². The van der Waals surface area contributed by atoms with Crippen molar-refractivity contribution in [3.8, 4) is 0 Å². The Labute approximate surface area is 86.9 Å². The maximum atomic E-state index is 13.0. The molecule has 0 aromatic heterocycles. The summed E-state index contributed by atoms with van der Waals surface area (Å²) in [6, 6.07) is 1.69. The Bertz CT molecular complexity index is 377. The Morgan fingerprint density at radius 1 is 1.57 bits per heavy atom. The molecule has 0 saturated heterocycles. The fourth-order valence-corrected chi connectivity index (χ4v) is 1.35. The summed E-state index contributed by atoms with van der Waals surface area (Å²) < 4.78 is 13.0. The number of carbonyl (C=O) groups excluding carboxylic acids is 1. The first-order chi connectivity index (χ1) is 6.43. The number of ketones is 1. The lowest BCUT2D eigenvalue weighted by Crippen LogP contribution is -2.27. The molecule has 0 heterocycles. The molecule has 1 aromatic carbocycles. The topological polar surface area (TPSA) is 43.1 Å². The van der Waals surface area contributed by atoms with Gasteiger partial charge in [0.1, 0.15) is 5.82 Å². The van der Waals surface area contributed by atoms with Crippen LogP contribution in [0.4, 0.5) is 4.39 Å². The summed E-state index contributed by atoms with van der Waals surface area (Å²) in [5.41, 5.74) is 6.24. The second-order valence-corrected chi connectivity index (χ2v) is 3.62. The molecule has 1 aromatic rings. The van der Waals surface area contributed by atoms with Crippen LogP contribution in [0.15, 0.2) is 12.1 Å². The highest BCUT2D eigenvalue weighted by Crippen LogP contribution is 2.21. The molecule has 0 aliphatic carbocycles. The van der Waals surface area contributed by atoms with E-state index < -0.39 is 11.9 Å². The molecule has 0 fully saturated rings. The van der Waals surface area contributed by atoms with Gasteiger partial charge in [0.25, 0.3) is 0 Å². The fourth-order valence-electron chi connectivity index (χ4n) is 1.15. The zero-order valence-electron chi connectivity index (χ0n) is 7.97. The van der Waals surface area contributed by atoms with E-state index >= 15 is 0 Å². The second-order valence-electron chi connectivity index (χ2n) is 3.21. The van der Waals surface area contributed by atoms with Crippen molar-refractivity contribution in [2.24, 2.45) is 5.73 Å². The predicted molar refractivity (Wildman–Crippen MR) is 54.1 cm³/mol. The van der Waals surface area contributed by atoms with E-state index in [0.717, 1.165) is 6.07 Å². The third-order valence-corrected chi connectivity index (χ3v) is 2.38. The van der Waals surface area contributed by atoms with Gasteiger partial charge in [0.05, 0.1) is 6.04 Å². The van der Waals surface area contributed by atoms with E-state index in [1.165, 1.54) is 6.07 Å². The smallest absolute Gasteiger partial charge is 0.179 e. The van der Waals surface area contributed by atoms with Crippen LogP contribution in [0.5, 0.6) is 0 Å². The molecule has 0 aliphatic rings.